The maximum Gasteiger partial charge on any atom is 0.193 e. The van der Waals surface area contributed by atoms with Crippen LogP contribution in [0, 0.1) is 12.3 Å². The van der Waals surface area contributed by atoms with Crippen LogP contribution < -0.4 is 11.2 Å². The van der Waals surface area contributed by atoms with Gasteiger partial charge < -0.3 is 10.2 Å². The molecule has 0 amide bonds. The van der Waals surface area contributed by atoms with E-state index in [1.165, 1.54) is 29.2 Å². The minimum atomic E-state index is -0.0533. The third-order valence-electron chi connectivity index (χ3n) is 3.20. The minimum absolute atomic E-state index is 0.0476. The first-order valence-corrected chi connectivity index (χ1v) is 8.49. The lowest BCUT2D eigenvalue weighted by Crippen LogP contribution is -2.05. The van der Waals surface area contributed by atoms with E-state index in [-0.39, 0.29) is 10.6 Å². The minimum Gasteiger partial charge on any atom is -0.455 e. The highest BCUT2D eigenvalue weighted by molar-refractivity contribution is 8.13. The molecule has 0 spiro atoms. The quantitative estimate of drug-likeness (QED) is 0.563. The van der Waals surface area contributed by atoms with Crippen LogP contribution in [-0.4, -0.2) is 5.17 Å². The largest absolute Gasteiger partial charge is 0.455 e. The lowest BCUT2D eigenvalue weighted by Gasteiger charge is -2.08. The summed E-state index contributed by atoms with van der Waals surface area (Å²) in [5, 5.41) is 9.92. The fraction of sp³-hybridized carbons (Fsp3) is 0.125. The Balaban J connectivity index is 2.21. The van der Waals surface area contributed by atoms with Crippen LogP contribution in [0.25, 0.3) is 21.6 Å². The first-order valence-electron chi connectivity index (χ1n) is 6.62. The number of thiophene rings is 1. The van der Waals surface area contributed by atoms with Crippen molar-refractivity contribution in [2.75, 3.05) is 0 Å². The lowest BCUT2D eigenvalue weighted by atomic mass is 10.1. The number of aryl methyl sites for hydroxylation is 1. The van der Waals surface area contributed by atoms with Gasteiger partial charge in [-0.05, 0) is 30.0 Å². The third-order valence-corrected chi connectivity index (χ3v) is 4.85. The molecule has 0 atom stereocenters. The van der Waals surface area contributed by atoms with Gasteiger partial charge in [0.15, 0.2) is 10.6 Å². The first-order chi connectivity index (χ1) is 10.5. The molecule has 2 heterocycles. The Labute approximate surface area is 135 Å². The molecule has 0 saturated carbocycles. The molecule has 0 saturated heterocycles. The maximum absolute atomic E-state index is 12.4. The zero-order chi connectivity index (χ0) is 15.7. The summed E-state index contributed by atoms with van der Waals surface area (Å²) in [6.07, 6.45) is 0. The van der Waals surface area contributed by atoms with E-state index in [2.05, 4.69) is 0 Å². The predicted molar refractivity (Wildman–Crippen MR) is 93.7 cm³/mol. The molecule has 112 valence electrons. The molecule has 1 aromatic carbocycles. The van der Waals surface area contributed by atoms with Crippen molar-refractivity contribution in [3.05, 3.63) is 57.1 Å². The summed E-state index contributed by atoms with van der Waals surface area (Å²) in [4.78, 5) is 13.3. The Morgan fingerprint density at radius 2 is 2.23 bits per heavy atom. The number of nitrogens with one attached hydrogen (secondary N) is 1. The zero-order valence-electron chi connectivity index (χ0n) is 11.9. The number of amidine groups is 1. The molecule has 2 aromatic heterocycles. The Bertz CT molecular complexity index is 898. The first kappa shape index (κ1) is 14.9. The van der Waals surface area contributed by atoms with E-state index >= 15 is 0 Å². The van der Waals surface area contributed by atoms with Crippen LogP contribution in [0.3, 0.4) is 0 Å². The van der Waals surface area contributed by atoms with Gasteiger partial charge in [0.1, 0.15) is 11.3 Å². The van der Waals surface area contributed by atoms with Gasteiger partial charge in [-0.3, -0.25) is 10.2 Å². The van der Waals surface area contributed by atoms with Gasteiger partial charge in [0.05, 0.1) is 10.3 Å². The second kappa shape index (κ2) is 5.98. The molecule has 3 N–H and O–H groups in total. The number of fused-ring (bicyclic) bond motifs is 1. The van der Waals surface area contributed by atoms with Crippen LogP contribution >= 0.6 is 23.1 Å². The Morgan fingerprint density at radius 3 is 2.91 bits per heavy atom. The van der Waals surface area contributed by atoms with Gasteiger partial charge in [0, 0.05) is 17.4 Å². The molecule has 0 radical (unpaired) electrons. The van der Waals surface area contributed by atoms with Crippen molar-refractivity contribution in [1.29, 1.82) is 5.41 Å². The molecule has 22 heavy (non-hydrogen) atoms. The lowest BCUT2D eigenvalue weighted by molar-refractivity contribution is 0.617. The van der Waals surface area contributed by atoms with Gasteiger partial charge in [0.25, 0.3) is 0 Å². The SMILES string of the molecule is Cc1cc(CSC(=N)N)c2oc(-c3cccs3)cc(=O)c2c1. The summed E-state index contributed by atoms with van der Waals surface area (Å²) in [5.41, 5.74) is 7.81. The van der Waals surface area contributed by atoms with E-state index in [9.17, 15) is 4.79 Å². The van der Waals surface area contributed by atoms with Crippen LogP contribution in [0.5, 0.6) is 0 Å². The van der Waals surface area contributed by atoms with Gasteiger partial charge in [-0.15, -0.1) is 11.3 Å². The summed E-state index contributed by atoms with van der Waals surface area (Å²) < 4.78 is 5.99. The molecule has 0 bridgehead atoms. The molecule has 3 aromatic rings. The summed E-state index contributed by atoms with van der Waals surface area (Å²) >= 11 is 2.75. The summed E-state index contributed by atoms with van der Waals surface area (Å²) in [5.74, 6) is 1.08. The Morgan fingerprint density at radius 1 is 1.41 bits per heavy atom. The Kier molecular flexibility index (Phi) is 4.04. The topological polar surface area (TPSA) is 80.1 Å². The van der Waals surface area contributed by atoms with Gasteiger partial charge >= 0.3 is 0 Å². The van der Waals surface area contributed by atoms with Crippen LogP contribution in [0.15, 0.2) is 44.9 Å². The molecule has 0 aliphatic rings. The molecule has 0 unspecified atom stereocenters. The molecule has 3 rings (SSSR count). The number of rotatable bonds is 3. The van der Waals surface area contributed by atoms with Crippen LogP contribution in [0.1, 0.15) is 11.1 Å². The molecular weight excluding hydrogens is 316 g/mol. The van der Waals surface area contributed by atoms with Crippen LogP contribution in [0.2, 0.25) is 0 Å². The van der Waals surface area contributed by atoms with Crippen molar-refractivity contribution in [2.24, 2.45) is 5.73 Å². The maximum atomic E-state index is 12.4. The fourth-order valence-electron chi connectivity index (χ4n) is 2.29. The summed E-state index contributed by atoms with van der Waals surface area (Å²) in [6, 6.07) is 9.19. The Hall–Kier alpha value is -2.05. The van der Waals surface area contributed by atoms with Gasteiger partial charge in [-0.2, -0.15) is 0 Å². The van der Waals surface area contributed by atoms with Crippen molar-refractivity contribution in [3.8, 4) is 10.6 Å². The number of nitrogens with two attached hydrogens (primary N) is 1. The summed E-state index contributed by atoms with van der Waals surface area (Å²) in [7, 11) is 0. The molecule has 0 aliphatic heterocycles. The average molecular weight is 330 g/mol. The van der Waals surface area contributed by atoms with Crippen molar-refractivity contribution >= 4 is 39.2 Å². The molecular formula is C16H14N2O2S2. The smallest absolute Gasteiger partial charge is 0.193 e. The predicted octanol–water partition coefficient (Wildman–Crippen LogP) is 3.96. The third kappa shape index (κ3) is 2.93. The highest BCUT2D eigenvalue weighted by atomic mass is 32.2. The number of hydrogen-bond acceptors (Lipinski definition) is 5. The number of benzene rings is 1. The highest BCUT2D eigenvalue weighted by Gasteiger charge is 2.12. The molecule has 0 aliphatic carbocycles. The van der Waals surface area contributed by atoms with E-state index in [0.29, 0.717) is 22.5 Å². The highest BCUT2D eigenvalue weighted by Crippen LogP contribution is 2.29. The van der Waals surface area contributed by atoms with E-state index in [1.54, 1.807) is 0 Å². The average Bonchev–Trinajstić information content (AvgIpc) is 2.99. The van der Waals surface area contributed by atoms with Crippen molar-refractivity contribution in [3.63, 3.8) is 0 Å². The van der Waals surface area contributed by atoms with Crippen molar-refractivity contribution < 1.29 is 4.42 Å². The van der Waals surface area contributed by atoms with E-state index < -0.39 is 0 Å². The van der Waals surface area contributed by atoms with Crippen molar-refractivity contribution in [2.45, 2.75) is 12.7 Å². The molecule has 4 nitrogen and oxygen atoms in total. The summed E-state index contributed by atoms with van der Waals surface area (Å²) in [6.45, 7) is 1.94. The van der Waals surface area contributed by atoms with Crippen molar-refractivity contribution in [1.82, 2.24) is 0 Å². The van der Waals surface area contributed by atoms with Gasteiger partial charge in [-0.25, -0.2) is 0 Å². The second-order valence-corrected chi connectivity index (χ2v) is 6.87. The molecule has 0 fully saturated rings. The number of hydrogen-bond donors (Lipinski definition) is 2. The zero-order valence-corrected chi connectivity index (χ0v) is 13.5. The van der Waals surface area contributed by atoms with E-state index in [0.717, 1.165) is 16.0 Å². The van der Waals surface area contributed by atoms with Gasteiger partial charge in [-0.1, -0.05) is 23.9 Å². The standard InChI is InChI=1S/C16H14N2O2S2/c1-9-5-10(8-22-16(17)18)15-11(6-9)12(19)7-13(20-15)14-3-2-4-21-14/h2-7H,8H2,1H3,(H3,17,18). The second-order valence-electron chi connectivity index (χ2n) is 4.91. The van der Waals surface area contributed by atoms with Crippen LogP contribution in [-0.2, 0) is 5.75 Å². The van der Waals surface area contributed by atoms with Crippen LogP contribution in [0.4, 0.5) is 0 Å². The monoisotopic (exact) mass is 330 g/mol. The van der Waals surface area contributed by atoms with Gasteiger partial charge in [0.2, 0.25) is 0 Å². The normalized spacial score (nSPS) is 11.0. The number of thioether (sulfide) groups is 1. The van der Waals surface area contributed by atoms with E-state index in [4.69, 9.17) is 15.6 Å². The van der Waals surface area contributed by atoms with E-state index in [1.807, 2.05) is 36.6 Å². The molecule has 6 heteroatoms. The fourth-order valence-corrected chi connectivity index (χ4v) is 3.49.